The van der Waals surface area contributed by atoms with Gasteiger partial charge in [0, 0.05) is 32.3 Å². The smallest absolute Gasteiger partial charge is 0.251 e. The summed E-state index contributed by atoms with van der Waals surface area (Å²) in [4.78, 5) is 16.1. The first-order valence-corrected chi connectivity index (χ1v) is 7.00. The maximum atomic E-state index is 11.9. The molecule has 0 radical (unpaired) electrons. The molecule has 0 aliphatic carbocycles. The van der Waals surface area contributed by atoms with Crippen molar-refractivity contribution in [1.82, 2.24) is 15.6 Å². The van der Waals surface area contributed by atoms with E-state index in [0.29, 0.717) is 18.7 Å². The second-order valence-corrected chi connectivity index (χ2v) is 4.92. The van der Waals surface area contributed by atoms with E-state index in [-0.39, 0.29) is 5.91 Å². The number of benzene rings is 1. The van der Waals surface area contributed by atoms with Gasteiger partial charge >= 0.3 is 0 Å². The van der Waals surface area contributed by atoms with Gasteiger partial charge in [-0.25, -0.2) is 4.98 Å². The van der Waals surface area contributed by atoms with E-state index < -0.39 is 0 Å². The Morgan fingerprint density at radius 1 is 1.37 bits per heavy atom. The first-order chi connectivity index (χ1) is 9.31. The van der Waals surface area contributed by atoms with Crippen molar-refractivity contribution in [3.8, 4) is 0 Å². The van der Waals surface area contributed by atoms with Crippen LogP contribution in [-0.4, -0.2) is 44.2 Å². The lowest BCUT2D eigenvalue weighted by Gasteiger charge is -2.06. The molecule has 2 N–H and O–H groups in total. The number of carbonyl (C=O) groups is 1. The highest BCUT2D eigenvalue weighted by Gasteiger charge is 2.06. The minimum atomic E-state index is -0.0520. The predicted octanol–water partition coefficient (Wildman–Crippen LogP) is 1.26. The largest absolute Gasteiger partial charge is 0.383 e. The number of hydrogen-bond acceptors (Lipinski definition) is 5. The minimum Gasteiger partial charge on any atom is -0.383 e. The number of fused-ring (bicyclic) bond motifs is 1. The summed E-state index contributed by atoms with van der Waals surface area (Å²) < 4.78 is 5.95. The van der Waals surface area contributed by atoms with E-state index in [4.69, 9.17) is 4.74 Å². The lowest BCUT2D eigenvalue weighted by molar-refractivity contribution is 0.0954. The Morgan fingerprint density at radius 3 is 3.11 bits per heavy atom. The Balaban J connectivity index is 1.79. The van der Waals surface area contributed by atoms with Crippen LogP contribution in [0.1, 0.15) is 10.4 Å². The van der Waals surface area contributed by atoms with E-state index in [9.17, 15) is 4.79 Å². The number of carbonyl (C=O) groups excluding carboxylic acids is 1. The summed E-state index contributed by atoms with van der Waals surface area (Å²) in [5, 5.41) is 6.05. The number of methoxy groups -OCH3 is 1. The van der Waals surface area contributed by atoms with Crippen molar-refractivity contribution in [3.05, 3.63) is 29.3 Å². The number of ether oxygens (including phenoxy) is 1. The van der Waals surface area contributed by atoms with Crippen molar-refractivity contribution >= 4 is 27.5 Å². The lowest BCUT2D eigenvalue weighted by Crippen LogP contribution is -2.33. The quantitative estimate of drug-likeness (QED) is 0.749. The molecule has 0 saturated carbocycles. The molecule has 1 heterocycles. The van der Waals surface area contributed by atoms with Crippen LogP contribution in [0, 0.1) is 0 Å². The molecule has 6 heteroatoms. The first-order valence-electron chi connectivity index (χ1n) is 6.12. The number of rotatable bonds is 7. The third-order valence-electron chi connectivity index (χ3n) is 2.66. The van der Waals surface area contributed by atoms with Gasteiger partial charge in [0.15, 0.2) is 0 Å². The Kier molecular flexibility index (Phi) is 5.26. The molecule has 19 heavy (non-hydrogen) atoms. The fourth-order valence-electron chi connectivity index (χ4n) is 1.66. The molecule has 2 aromatic rings. The zero-order valence-electron chi connectivity index (χ0n) is 10.8. The fourth-order valence-corrected chi connectivity index (χ4v) is 2.38. The summed E-state index contributed by atoms with van der Waals surface area (Å²) >= 11 is 1.54. The van der Waals surface area contributed by atoms with E-state index in [0.717, 1.165) is 23.3 Å². The van der Waals surface area contributed by atoms with Crippen molar-refractivity contribution in [2.24, 2.45) is 0 Å². The second kappa shape index (κ2) is 7.18. The zero-order valence-corrected chi connectivity index (χ0v) is 11.6. The average molecular weight is 279 g/mol. The average Bonchev–Trinajstić information content (AvgIpc) is 2.89. The molecule has 102 valence electrons. The molecule has 5 nitrogen and oxygen atoms in total. The van der Waals surface area contributed by atoms with Crippen molar-refractivity contribution < 1.29 is 9.53 Å². The van der Waals surface area contributed by atoms with Crippen LogP contribution in [0.4, 0.5) is 0 Å². The number of aromatic nitrogens is 1. The summed E-state index contributed by atoms with van der Waals surface area (Å²) in [6.07, 6.45) is 0. The van der Waals surface area contributed by atoms with E-state index in [1.807, 2.05) is 12.1 Å². The molecular weight excluding hydrogens is 262 g/mol. The number of amides is 1. The topological polar surface area (TPSA) is 63.2 Å². The van der Waals surface area contributed by atoms with E-state index in [2.05, 4.69) is 15.6 Å². The van der Waals surface area contributed by atoms with E-state index >= 15 is 0 Å². The third kappa shape index (κ3) is 3.99. The van der Waals surface area contributed by atoms with Crippen LogP contribution in [-0.2, 0) is 4.74 Å². The van der Waals surface area contributed by atoms with Gasteiger partial charge in [0.05, 0.1) is 22.3 Å². The van der Waals surface area contributed by atoms with Crippen LogP contribution in [0.15, 0.2) is 23.7 Å². The highest BCUT2D eigenvalue weighted by Crippen LogP contribution is 2.18. The maximum absolute atomic E-state index is 11.9. The Hall–Kier alpha value is -1.50. The second-order valence-electron chi connectivity index (χ2n) is 4.03. The summed E-state index contributed by atoms with van der Waals surface area (Å²) in [5.74, 6) is -0.0520. The van der Waals surface area contributed by atoms with Crippen LogP contribution in [0.25, 0.3) is 10.2 Å². The van der Waals surface area contributed by atoms with Gasteiger partial charge in [0.25, 0.3) is 5.91 Å². The predicted molar refractivity (Wildman–Crippen MR) is 76.7 cm³/mol. The number of hydrogen-bond donors (Lipinski definition) is 2. The number of thiazole rings is 1. The van der Waals surface area contributed by atoms with Gasteiger partial charge in [0.2, 0.25) is 0 Å². The van der Waals surface area contributed by atoms with Gasteiger partial charge in [-0.2, -0.15) is 0 Å². The van der Waals surface area contributed by atoms with Gasteiger partial charge < -0.3 is 15.4 Å². The summed E-state index contributed by atoms with van der Waals surface area (Å²) in [6, 6.07) is 5.55. The molecule has 1 amide bonds. The van der Waals surface area contributed by atoms with Crippen molar-refractivity contribution in [2.75, 3.05) is 33.4 Å². The molecule has 1 aromatic carbocycles. The molecule has 0 saturated heterocycles. The Morgan fingerprint density at radius 2 is 2.26 bits per heavy atom. The highest BCUT2D eigenvalue weighted by molar-refractivity contribution is 7.16. The zero-order chi connectivity index (χ0) is 13.5. The normalized spacial score (nSPS) is 10.8. The van der Waals surface area contributed by atoms with Gasteiger partial charge in [-0.1, -0.05) is 0 Å². The van der Waals surface area contributed by atoms with Crippen LogP contribution < -0.4 is 10.6 Å². The fraction of sp³-hybridized carbons (Fsp3) is 0.385. The molecule has 0 aliphatic heterocycles. The molecule has 0 atom stereocenters. The number of nitrogens with zero attached hydrogens (tertiary/aromatic N) is 1. The van der Waals surface area contributed by atoms with Gasteiger partial charge in [-0.05, 0) is 18.2 Å². The van der Waals surface area contributed by atoms with Crippen molar-refractivity contribution in [3.63, 3.8) is 0 Å². The van der Waals surface area contributed by atoms with Gasteiger partial charge in [0.1, 0.15) is 0 Å². The Bertz CT molecular complexity index is 541. The van der Waals surface area contributed by atoms with Crippen LogP contribution in [0.2, 0.25) is 0 Å². The molecule has 0 aliphatic rings. The molecule has 2 rings (SSSR count). The van der Waals surface area contributed by atoms with Crippen LogP contribution in [0.5, 0.6) is 0 Å². The summed E-state index contributed by atoms with van der Waals surface area (Å²) in [6.45, 7) is 2.80. The van der Waals surface area contributed by atoms with Gasteiger partial charge in [-0.3, -0.25) is 4.79 Å². The molecule has 0 unspecified atom stereocenters. The highest BCUT2D eigenvalue weighted by atomic mass is 32.1. The molecular formula is C13H17N3O2S. The van der Waals surface area contributed by atoms with Crippen LogP contribution in [0.3, 0.4) is 0 Å². The number of nitrogens with one attached hydrogen (secondary N) is 2. The first kappa shape index (κ1) is 13.9. The molecule has 1 aromatic heterocycles. The summed E-state index contributed by atoms with van der Waals surface area (Å²) in [5.41, 5.74) is 3.39. The Labute approximate surface area is 116 Å². The third-order valence-corrected chi connectivity index (χ3v) is 3.46. The maximum Gasteiger partial charge on any atom is 0.251 e. The minimum absolute atomic E-state index is 0.0520. The monoisotopic (exact) mass is 279 g/mol. The summed E-state index contributed by atoms with van der Waals surface area (Å²) in [7, 11) is 1.67. The van der Waals surface area contributed by atoms with E-state index in [1.165, 1.54) is 11.3 Å². The standard InChI is InChI=1S/C13H17N3O2S/c1-18-7-6-14-4-5-15-13(17)10-2-3-11-12(8-10)19-9-16-11/h2-3,8-9,14H,4-7H2,1H3,(H,15,17). The molecule has 0 spiro atoms. The molecule has 0 bridgehead atoms. The van der Waals surface area contributed by atoms with Gasteiger partial charge in [-0.15, -0.1) is 11.3 Å². The SMILES string of the molecule is COCCNCCNC(=O)c1ccc2ncsc2c1. The lowest BCUT2D eigenvalue weighted by atomic mass is 10.2. The molecule has 0 fully saturated rings. The van der Waals surface area contributed by atoms with E-state index in [1.54, 1.807) is 18.7 Å². The van der Waals surface area contributed by atoms with Crippen molar-refractivity contribution in [2.45, 2.75) is 0 Å². The van der Waals surface area contributed by atoms with Crippen LogP contribution >= 0.6 is 11.3 Å². The van der Waals surface area contributed by atoms with Crippen molar-refractivity contribution in [1.29, 1.82) is 0 Å².